The maximum atomic E-state index is 12.7. The second-order valence-corrected chi connectivity index (χ2v) is 7.26. The quantitative estimate of drug-likeness (QED) is 0.688. The van der Waals surface area contributed by atoms with Crippen molar-refractivity contribution in [2.24, 2.45) is 0 Å². The molecule has 1 saturated heterocycles. The van der Waals surface area contributed by atoms with Crippen LogP contribution in [0.4, 0.5) is 0 Å². The molecule has 0 atom stereocenters. The molecule has 0 radical (unpaired) electrons. The number of rotatable bonds is 2. The average molecular weight is 375 g/mol. The molecule has 28 heavy (non-hydrogen) atoms. The molecule has 1 amide bonds. The minimum absolute atomic E-state index is 0.0752. The third kappa shape index (κ3) is 2.88. The van der Waals surface area contributed by atoms with Gasteiger partial charge in [0.1, 0.15) is 11.3 Å². The number of benzene rings is 1. The van der Waals surface area contributed by atoms with Gasteiger partial charge in [-0.3, -0.25) is 9.78 Å². The maximum absolute atomic E-state index is 12.7. The summed E-state index contributed by atoms with van der Waals surface area (Å²) in [5.74, 6) is -0.0752. The third-order valence-electron chi connectivity index (χ3n) is 5.63. The molecule has 5 rings (SSSR count). The van der Waals surface area contributed by atoms with Crippen molar-refractivity contribution in [1.82, 2.24) is 24.6 Å². The monoisotopic (exact) mass is 375 g/mol. The number of nitrogens with zero attached hydrogens (tertiary/aromatic N) is 5. The molecule has 1 aromatic carbocycles. The Bertz CT molecular complexity index is 979. The Morgan fingerprint density at radius 1 is 1.11 bits per heavy atom. The van der Waals surface area contributed by atoms with Crippen LogP contribution in [0.25, 0.3) is 5.69 Å². The van der Waals surface area contributed by atoms with Crippen LogP contribution in [0.15, 0.2) is 55.1 Å². The minimum Gasteiger partial charge on any atom is -0.368 e. The molecule has 1 fully saturated rings. The summed E-state index contributed by atoms with van der Waals surface area (Å²) < 4.78 is 8.22. The Hall–Kier alpha value is -3.06. The number of fused-ring (bicyclic) bond motifs is 2. The van der Waals surface area contributed by atoms with Gasteiger partial charge >= 0.3 is 0 Å². The van der Waals surface area contributed by atoms with Gasteiger partial charge in [-0.25, -0.2) is 9.67 Å². The largest absolute Gasteiger partial charge is 0.368 e. The van der Waals surface area contributed by atoms with Crippen LogP contribution in [-0.4, -0.2) is 50.3 Å². The first-order chi connectivity index (χ1) is 13.8. The van der Waals surface area contributed by atoms with Crippen LogP contribution in [0.2, 0.25) is 0 Å². The number of aromatic nitrogens is 4. The second-order valence-electron chi connectivity index (χ2n) is 7.26. The minimum atomic E-state index is -0.410. The highest BCUT2D eigenvalue weighted by Crippen LogP contribution is 2.41. The highest BCUT2D eigenvalue weighted by Gasteiger charge is 2.44. The fraction of sp³-hybridized carbons (Fsp3) is 0.333. The molecule has 0 saturated carbocycles. The number of hydrogen-bond donors (Lipinski definition) is 0. The van der Waals surface area contributed by atoms with Crippen LogP contribution >= 0.6 is 0 Å². The summed E-state index contributed by atoms with van der Waals surface area (Å²) in [6, 6.07) is 10.1. The van der Waals surface area contributed by atoms with Gasteiger partial charge in [0.25, 0.3) is 5.91 Å². The molecule has 2 aliphatic heterocycles. The van der Waals surface area contributed by atoms with Crippen molar-refractivity contribution in [2.45, 2.75) is 24.9 Å². The predicted molar refractivity (Wildman–Crippen MR) is 102 cm³/mol. The summed E-state index contributed by atoms with van der Waals surface area (Å²) >= 11 is 0. The summed E-state index contributed by atoms with van der Waals surface area (Å²) in [5, 5.41) is 4.89. The number of amides is 1. The number of piperidine rings is 1. The molecule has 0 unspecified atom stereocenters. The van der Waals surface area contributed by atoms with Gasteiger partial charge in [-0.05, 0) is 37.0 Å². The standard InChI is InChI=1S/C21H21N5O2/c27-20(18-14-22-9-10-23-18)25-11-7-21(8-12-25)19-16(6-13-28-21)15-26(24-19)17-4-2-1-3-5-17/h1-5,9-10,14-15H,6-8,11-13H2. The van der Waals surface area contributed by atoms with Crippen molar-refractivity contribution < 1.29 is 9.53 Å². The first-order valence-corrected chi connectivity index (χ1v) is 9.59. The molecule has 7 nitrogen and oxygen atoms in total. The van der Waals surface area contributed by atoms with Crippen molar-refractivity contribution in [1.29, 1.82) is 0 Å². The molecule has 142 valence electrons. The second kappa shape index (κ2) is 6.83. The number of carbonyl (C=O) groups excluding carboxylic acids is 1. The van der Waals surface area contributed by atoms with Crippen LogP contribution in [0.5, 0.6) is 0 Å². The first kappa shape index (κ1) is 17.1. The molecule has 3 aromatic rings. The number of likely N-dealkylation sites (tertiary alicyclic amines) is 1. The van der Waals surface area contributed by atoms with Crippen molar-refractivity contribution in [2.75, 3.05) is 19.7 Å². The van der Waals surface area contributed by atoms with Crippen LogP contribution in [-0.2, 0) is 16.8 Å². The smallest absolute Gasteiger partial charge is 0.274 e. The molecular weight excluding hydrogens is 354 g/mol. The predicted octanol–water partition coefficient (Wildman–Crippen LogP) is 2.37. The molecule has 2 aromatic heterocycles. The van der Waals surface area contributed by atoms with Crippen LogP contribution < -0.4 is 0 Å². The molecule has 2 aliphatic rings. The SMILES string of the molecule is O=C(c1cnccn1)N1CCC2(CC1)OCCc1cn(-c3ccccc3)nc12. The summed E-state index contributed by atoms with van der Waals surface area (Å²) in [7, 11) is 0. The summed E-state index contributed by atoms with van der Waals surface area (Å²) in [6.45, 7) is 1.92. The van der Waals surface area contributed by atoms with E-state index in [9.17, 15) is 4.79 Å². The topological polar surface area (TPSA) is 73.1 Å². The number of hydrogen-bond acceptors (Lipinski definition) is 5. The van der Waals surface area contributed by atoms with Crippen molar-refractivity contribution in [3.05, 3.63) is 72.1 Å². The Morgan fingerprint density at radius 3 is 2.68 bits per heavy atom. The molecule has 4 heterocycles. The van der Waals surface area contributed by atoms with E-state index in [4.69, 9.17) is 9.84 Å². The van der Waals surface area contributed by atoms with E-state index >= 15 is 0 Å². The normalized spacial score (nSPS) is 18.1. The van der Waals surface area contributed by atoms with Gasteiger partial charge < -0.3 is 9.64 Å². The third-order valence-corrected chi connectivity index (χ3v) is 5.63. The zero-order valence-electron chi connectivity index (χ0n) is 15.5. The lowest BCUT2D eigenvalue weighted by Gasteiger charge is -2.42. The van der Waals surface area contributed by atoms with E-state index in [1.54, 1.807) is 12.4 Å². The zero-order chi connectivity index (χ0) is 19.0. The molecule has 1 spiro atoms. The van der Waals surface area contributed by atoms with E-state index < -0.39 is 5.60 Å². The van der Waals surface area contributed by atoms with Crippen molar-refractivity contribution >= 4 is 5.91 Å². The highest BCUT2D eigenvalue weighted by molar-refractivity contribution is 5.92. The van der Waals surface area contributed by atoms with Crippen LogP contribution in [0.1, 0.15) is 34.6 Å². The number of para-hydroxylation sites is 1. The number of ether oxygens (including phenoxy) is 1. The van der Waals surface area contributed by atoms with Gasteiger partial charge in [-0.1, -0.05) is 18.2 Å². The average Bonchev–Trinajstić information content (AvgIpc) is 3.21. The first-order valence-electron chi connectivity index (χ1n) is 9.59. The van der Waals surface area contributed by atoms with Gasteiger partial charge in [-0.2, -0.15) is 5.10 Å². The Labute approximate surface area is 163 Å². The summed E-state index contributed by atoms with van der Waals surface area (Å²) in [5.41, 5.74) is 3.28. The lowest BCUT2D eigenvalue weighted by Crippen LogP contribution is -2.48. The molecule has 0 N–H and O–H groups in total. The zero-order valence-corrected chi connectivity index (χ0v) is 15.5. The van der Waals surface area contributed by atoms with E-state index in [1.165, 1.54) is 11.8 Å². The van der Waals surface area contributed by atoms with Gasteiger partial charge in [0.2, 0.25) is 0 Å². The van der Waals surface area contributed by atoms with E-state index in [0.717, 1.165) is 30.6 Å². The van der Waals surface area contributed by atoms with E-state index in [2.05, 4.69) is 16.2 Å². The van der Waals surface area contributed by atoms with Gasteiger partial charge in [0, 0.05) is 31.7 Å². The van der Waals surface area contributed by atoms with Crippen molar-refractivity contribution in [3.63, 3.8) is 0 Å². The van der Waals surface area contributed by atoms with Crippen LogP contribution in [0.3, 0.4) is 0 Å². The number of carbonyl (C=O) groups is 1. The Kier molecular flexibility index (Phi) is 4.16. The molecular formula is C21H21N5O2. The summed E-state index contributed by atoms with van der Waals surface area (Å²) in [6.07, 6.45) is 9.09. The van der Waals surface area contributed by atoms with E-state index in [-0.39, 0.29) is 5.91 Å². The van der Waals surface area contributed by atoms with Gasteiger partial charge in [-0.15, -0.1) is 0 Å². The summed E-state index contributed by atoms with van der Waals surface area (Å²) in [4.78, 5) is 22.6. The molecule has 0 bridgehead atoms. The molecule has 0 aliphatic carbocycles. The fourth-order valence-corrected chi connectivity index (χ4v) is 4.14. The highest BCUT2D eigenvalue weighted by atomic mass is 16.5. The lowest BCUT2D eigenvalue weighted by molar-refractivity contribution is -0.0963. The molecule has 7 heteroatoms. The van der Waals surface area contributed by atoms with E-state index in [1.807, 2.05) is 39.9 Å². The van der Waals surface area contributed by atoms with E-state index in [0.29, 0.717) is 25.4 Å². The Balaban J connectivity index is 1.38. The van der Waals surface area contributed by atoms with Gasteiger partial charge in [0.15, 0.2) is 0 Å². The maximum Gasteiger partial charge on any atom is 0.274 e. The van der Waals surface area contributed by atoms with Crippen molar-refractivity contribution in [3.8, 4) is 5.69 Å². The Morgan fingerprint density at radius 2 is 1.93 bits per heavy atom. The van der Waals surface area contributed by atoms with Crippen LogP contribution in [0, 0.1) is 0 Å². The fourth-order valence-electron chi connectivity index (χ4n) is 4.14. The lowest BCUT2D eigenvalue weighted by atomic mass is 9.83. The van der Waals surface area contributed by atoms with Gasteiger partial charge in [0.05, 0.1) is 24.2 Å².